The van der Waals surface area contributed by atoms with Gasteiger partial charge in [0.1, 0.15) is 22.7 Å². The Morgan fingerprint density at radius 1 is 1.32 bits per heavy atom. The topological polar surface area (TPSA) is 67.3 Å². The number of methoxy groups -OCH3 is 1. The van der Waals surface area contributed by atoms with Crippen LogP contribution < -0.4 is 15.0 Å². The van der Waals surface area contributed by atoms with Crippen molar-refractivity contribution in [3.63, 3.8) is 0 Å². The third-order valence-electron chi connectivity index (χ3n) is 5.32. The van der Waals surface area contributed by atoms with Crippen molar-refractivity contribution in [1.82, 2.24) is 9.97 Å². The molecule has 0 saturated carbocycles. The summed E-state index contributed by atoms with van der Waals surface area (Å²) in [6.07, 6.45) is 5.20. The summed E-state index contributed by atoms with van der Waals surface area (Å²) in [4.78, 5) is 25.9. The van der Waals surface area contributed by atoms with Gasteiger partial charge in [-0.1, -0.05) is 6.07 Å². The van der Waals surface area contributed by atoms with Crippen molar-refractivity contribution in [3.05, 3.63) is 41.0 Å². The van der Waals surface area contributed by atoms with Gasteiger partial charge in [0, 0.05) is 24.3 Å². The van der Waals surface area contributed by atoms with E-state index in [9.17, 15) is 4.79 Å². The Morgan fingerprint density at radius 2 is 2.18 bits per heavy atom. The Hall–Kier alpha value is -2.67. The summed E-state index contributed by atoms with van der Waals surface area (Å²) < 4.78 is 5.23. The summed E-state index contributed by atoms with van der Waals surface area (Å²) in [5, 5.41) is 3.97. The highest BCUT2D eigenvalue weighted by molar-refractivity contribution is 7.20. The van der Waals surface area contributed by atoms with Crippen LogP contribution in [0.2, 0.25) is 0 Å². The van der Waals surface area contributed by atoms with Crippen LogP contribution in [0.25, 0.3) is 10.2 Å². The Bertz CT molecular complexity index is 1020. The van der Waals surface area contributed by atoms with Gasteiger partial charge in [0.15, 0.2) is 0 Å². The maximum atomic E-state index is 13.0. The van der Waals surface area contributed by atoms with Gasteiger partial charge in [-0.3, -0.25) is 4.79 Å². The summed E-state index contributed by atoms with van der Waals surface area (Å²) in [7, 11) is 1.61. The number of piperidine rings is 1. The van der Waals surface area contributed by atoms with Crippen LogP contribution >= 0.6 is 11.3 Å². The van der Waals surface area contributed by atoms with Crippen molar-refractivity contribution in [2.45, 2.75) is 39.2 Å². The summed E-state index contributed by atoms with van der Waals surface area (Å²) in [5.74, 6) is 1.52. The number of thiophene rings is 1. The van der Waals surface area contributed by atoms with Crippen LogP contribution in [0.15, 0.2) is 30.6 Å². The second-order valence-corrected chi connectivity index (χ2v) is 8.16. The number of nitrogens with one attached hydrogen (secondary N) is 1. The predicted octanol–water partition coefficient (Wildman–Crippen LogP) is 4.64. The van der Waals surface area contributed by atoms with E-state index in [1.165, 1.54) is 24.2 Å². The highest BCUT2D eigenvalue weighted by Gasteiger charge is 2.25. The molecule has 1 amide bonds. The third-order valence-corrected chi connectivity index (χ3v) is 6.51. The molecule has 0 bridgehead atoms. The molecule has 1 aromatic carbocycles. The lowest BCUT2D eigenvalue weighted by Gasteiger charge is -2.34. The lowest BCUT2D eigenvalue weighted by atomic mass is 10.0. The van der Waals surface area contributed by atoms with Crippen molar-refractivity contribution in [2.24, 2.45) is 0 Å². The standard InChI is InChI=1S/C21H24N4O2S/c1-13-7-4-5-10-25(13)19-17-14(2)18(28-21(17)23-12-22-19)20(26)24-15-8-6-9-16(11-15)27-3/h6,8-9,11-13H,4-5,7,10H2,1-3H3,(H,24,26)/t13-/m1/s1. The molecular formula is C21H24N4O2S. The molecule has 1 fully saturated rings. The summed E-state index contributed by atoms with van der Waals surface area (Å²) in [6.45, 7) is 5.22. The molecule has 1 saturated heterocycles. The number of carbonyl (C=O) groups excluding carboxylic acids is 1. The van der Waals surface area contributed by atoms with Gasteiger partial charge >= 0.3 is 0 Å². The highest BCUT2D eigenvalue weighted by atomic mass is 32.1. The van der Waals surface area contributed by atoms with Crippen molar-refractivity contribution >= 4 is 39.0 Å². The average Bonchev–Trinajstić information content (AvgIpc) is 3.05. The quantitative estimate of drug-likeness (QED) is 0.696. The summed E-state index contributed by atoms with van der Waals surface area (Å²) >= 11 is 1.42. The minimum absolute atomic E-state index is 0.133. The highest BCUT2D eigenvalue weighted by Crippen LogP contribution is 2.37. The van der Waals surface area contributed by atoms with Gasteiger partial charge in [0.05, 0.1) is 17.4 Å². The second-order valence-electron chi connectivity index (χ2n) is 7.16. The number of aromatic nitrogens is 2. The molecule has 1 atom stereocenters. The van der Waals surface area contributed by atoms with Gasteiger partial charge in [0.2, 0.25) is 0 Å². The maximum absolute atomic E-state index is 13.0. The first-order valence-electron chi connectivity index (χ1n) is 9.54. The summed E-state index contributed by atoms with van der Waals surface area (Å²) in [6, 6.07) is 7.81. The first-order valence-corrected chi connectivity index (χ1v) is 10.4. The second kappa shape index (κ2) is 7.75. The number of nitrogens with zero attached hydrogens (tertiary/aromatic N) is 3. The van der Waals surface area contributed by atoms with Crippen molar-refractivity contribution < 1.29 is 9.53 Å². The molecule has 2 aromatic heterocycles. The molecule has 0 radical (unpaired) electrons. The maximum Gasteiger partial charge on any atom is 0.266 e. The van der Waals surface area contributed by atoms with E-state index in [2.05, 4.69) is 27.1 Å². The molecule has 3 aromatic rings. The van der Waals surface area contributed by atoms with Crippen LogP contribution in [0, 0.1) is 6.92 Å². The fourth-order valence-corrected chi connectivity index (χ4v) is 4.83. The number of rotatable bonds is 4. The van der Waals surface area contributed by atoms with Gasteiger partial charge in [-0.2, -0.15) is 0 Å². The average molecular weight is 397 g/mol. The van der Waals surface area contributed by atoms with E-state index in [1.54, 1.807) is 19.5 Å². The Labute approximate surface area is 168 Å². The molecule has 0 unspecified atom stereocenters. The van der Waals surface area contributed by atoms with Gasteiger partial charge in [-0.25, -0.2) is 9.97 Å². The number of benzene rings is 1. The van der Waals surface area contributed by atoms with E-state index in [1.807, 2.05) is 25.1 Å². The smallest absolute Gasteiger partial charge is 0.266 e. The van der Waals surface area contributed by atoms with Gasteiger partial charge in [-0.15, -0.1) is 11.3 Å². The SMILES string of the molecule is COc1cccc(NC(=O)c2sc3ncnc(N4CCCC[C@H]4C)c3c2C)c1. The molecule has 146 valence electrons. The molecule has 1 N–H and O–H groups in total. The number of anilines is 2. The van der Waals surface area contributed by atoms with Crippen molar-refractivity contribution in [3.8, 4) is 5.75 Å². The Morgan fingerprint density at radius 3 is 2.96 bits per heavy atom. The first-order chi connectivity index (χ1) is 13.6. The van der Waals surface area contributed by atoms with E-state index in [0.29, 0.717) is 22.4 Å². The number of aryl methyl sites for hydroxylation is 1. The van der Waals surface area contributed by atoms with Crippen LogP contribution in [0.3, 0.4) is 0 Å². The molecule has 6 nitrogen and oxygen atoms in total. The fraction of sp³-hybridized carbons (Fsp3) is 0.381. The molecule has 1 aliphatic rings. The minimum atomic E-state index is -0.133. The molecule has 0 spiro atoms. The van der Waals surface area contributed by atoms with Crippen molar-refractivity contribution in [1.29, 1.82) is 0 Å². The van der Waals surface area contributed by atoms with Gasteiger partial charge in [-0.05, 0) is 50.8 Å². The van der Waals surface area contributed by atoms with Crippen LogP contribution in [-0.2, 0) is 0 Å². The molecule has 3 heterocycles. The zero-order chi connectivity index (χ0) is 19.7. The Kier molecular flexibility index (Phi) is 5.17. The van der Waals surface area contributed by atoms with E-state index < -0.39 is 0 Å². The third kappa shape index (κ3) is 3.42. The van der Waals surface area contributed by atoms with Crippen molar-refractivity contribution in [2.75, 3.05) is 23.9 Å². The van der Waals surface area contributed by atoms with Crippen LogP contribution in [0.1, 0.15) is 41.4 Å². The largest absolute Gasteiger partial charge is 0.497 e. The lowest BCUT2D eigenvalue weighted by Crippen LogP contribution is -2.38. The van der Waals surface area contributed by atoms with E-state index in [4.69, 9.17) is 4.74 Å². The number of hydrogen-bond donors (Lipinski definition) is 1. The number of carbonyl (C=O) groups is 1. The molecular weight excluding hydrogens is 372 g/mol. The van der Waals surface area contributed by atoms with E-state index >= 15 is 0 Å². The van der Waals surface area contributed by atoms with Crippen LogP contribution in [0.4, 0.5) is 11.5 Å². The fourth-order valence-electron chi connectivity index (χ4n) is 3.79. The predicted molar refractivity (Wildman–Crippen MR) is 114 cm³/mol. The van der Waals surface area contributed by atoms with E-state index in [-0.39, 0.29) is 5.91 Å². The van der Waals surface area contributed by atoms with Gasteiger partial charge in [0.25, 0.3) is 5.91 Å². The van der Waals surface area contributed by atoms with E-state index in [0.717, 1.165) is 34.6 Å². The molecule has 0 aliphatic carbocycles. The number of fused-ring (bicyclic) bond motifs is 1. The molecule has 28 heavy (non-hydrogen) atoms. The number of amides is 1. The minimum Gasteiger partial charge on any atom is -0.497 e. The number of hydrogen-bond acceptors (Lipinski definition) is 6. The van der Waals surface area contributed by atoms with Crippen LogP contribution in [0.5, 0.6) is 5.75 Å². The van der Waals surface area contributed by atoms with Crippen LogP contribution in [-0.4, -0.2) is 35.6 Å². The summed E-state index contributed by atoms with van der Waals surface area (Å²) in [5.41, 5.74) is 1.64. The molecule has 4 rings (SSSR count). The normalized spacial score (nSPS) is 17.0. The monoisotopic (exact) mass is 396 g/mol. The molecule has 1 aliphatic heterocycles. The Balaban J connectivity index is 1.69. The zero-order valence-corrected chi connectivity index (χ0v) is 17.2. The zero-order valence-electron chi connectivity index (χ0n) is 16.4. The lowest BCUT2D eigenvalue weighted by molar-refractivity contribution is 0.103. The first kappa shape index (κ1) is 18.7. The van der Waals surface area contributed by atoms with Gasteiger partial charge < -0.3 is 15.0 Å². The molecule has 7 heteroatoms. The number of ether oxygens (including phenoxy) is 1.